The average Bonchev–Trinajstić information content (AvgIpc) is 3.40. The summed E-state index contributed by atoms with van der Waals surface area (Å²) in [6.07, 6.45) is 1.48. The molecule has 0 spiro atoms. The number of ketones is 1. The third-order valence-electron chi connectivity index (χ3n) is 4.92. The molecule has 1 aliphatic rings. The molecular formula is C25H18BrNO6S. The summed E-state index contributed by atoms with van der Waals surface area (Å²) in [5, 5.41) is -0.511. The van der Waals surface area contributed by atoms with E-state index in [1.54, 1.807) is 67.6 Å². The van der Waals surface area contributed by atoms with E-state index >= 15 is 0 Å². The summed E-state index contributed by atoms with van der Waals surface area (Å²) in [6, 6.07) is 16.9. The number of rotatable bonds is 7. The molecule has 0 bridgehead atoms. The van der Waals surface area contributed by atoms with Crippen molar-refractivity contribution in [2.24, 2.45) is 0 Å². The Morgan fingerprint density at radius 3 is 2.35 bits per heavy atom. The highest BCUT2D eigenvalue weighted by Crippen LogP contribution is 2.33. The van der Waals surface area contributed by atoms with E-state index in [9.17, 15) is 19.2 Å². The average molecular weight is 540 g/mol. The number of hydrogen-bond donors (Lipinski definition) is 0. The van der Waals surface area contributed by atoms with Crippen LogP contribution in [0.2, 0.25) is 0 Å². The Balaban J connectivity index is 1.46. The van der Waals surface area contributed by atoms with E-state index in [1.165, 1.54) is 6.08 Å². The Bertz CT molecular complexity index is 1290. The van der Waals surface area contributed by atoms with E-state index in [0.29, 0.717) is 29.3 Å². The third kappa shape index (κ3) is 5.21. The van der Waals surface area contributed by atoms with Crippen LogP contribution in [0.5, 0.6) is 0 Å². The van der Waals surface area contributed by atoms with E-state index in [1.807, 2.05) is 0 Å². The number of imide groups is 1. The van der Waals surface area contributed by atoms with Crippen LogP contribution in [0.1, 0.15) is 33.4 Å². The van der Waals surface area contributed by atoms with Crippen molar-refractivity contribution in [2.45, 2.75) is 6.92 Å². The maximum Gasteiger partial charge on any atom is 0.338 e. The Morgan fingerprint density at radius 2 is 1.68 bits per heavy atom. The van der Waals surface area contributed by atoms with Gasteiger partial charge in [0.05, 0.1) is 23.6 Å². The molecule has 2 aromatic carbocycles. The molecule has 172 valence electrons. The highest BCUT2D eigenvalue weighted by atomic mass is 79.9. The number of esters is 1. The van der Waals surface area contributed by atoms with Crippen LogP contribution in [0.15, 0.2) is 74.5 Å². The van der Waals surface area contributed by atoms with Crippen LogP contribution in [0.3, 0.4) is 0 Å². The number of furan rings is 1. The molecule has 0 saturated carbocycles. The highest BCUT2D eigenvalue weighted by Gasteiger charge is 2.36. The lowest BCUT2D eigenvalue weighted by molar-refractivity contribution is -0.122. The van der Waals surface area contributed by atoms with Gasteiger partial charge in [-0.1, -0.05) is 40.2 Å². The molecule has 2 heterocycles. The maximum atomic E-state index is 12.7. The second kappa shape index (κ2) is 10.2. The summed E-state index contributed by atoms with van der Waals surface area (Å²) in [5.41, 5.74) is 1.58. The van der Waals surface area contributed by atoms with E-state index in [0.717, 1.165) is 26.7 Å². The quantitative estimate of drug-likeness (QED) is 0.212. The Morgan fingerprint density at radius 1 is 1.00 bits per heavy atom. The Labute approximate surface area is 207 Å². The monoisotopic (exact) mass is 539 g/mol. The molecule has 4 rings (SSSR count). The maximum absolute atomic E-state index is 12.7. The summed E-state index contributed by atoms with van der Waals surface area (Å²) in [5.74, 6) is -0.358. The SMILES string of the molecule is CCOC(=O)c1ccc(-c2ccc(/C=C3/SC(=O)N(CC(=O)c4ccc(Br)cc4)C3=O)o2)cc1. The van der Waals surface area contributed by atoms with Crippen molar-refractivity contribution in [1.82, 2.24) is 4.90 Å². The van der Waals surface area contributed by atoms with Gasteiger partial charge >= 0.3 is 5.97 Å². The minimum atomic E-state index is -0.544. The summed E-state index contributed by atoms with van der Waals surface area (Å²) < 4.78 is 11.6. The number of carbonyl (C=O) groups excluding carboxylic acids is 4. The molecular weight excluding hydrogens is 522 g/mol. The van der Waals surface area contributed by atoms with Crippen LogP contribution in [-0.2, 0) is 9.53 Å². The van der Waals surface area contributed by atoms with Crippen LogP contribution in [0.25, 0.3) is 17.4 Å². The molecule has 0 N–H and O–H groups in total. The summed E-state index contributed by atoms with van der Waals surface area (Å²) >= 11 is 4.06. The lowest BCUT2D eigenvalue weighted by atomic mass is 10.1. The molecule has 34 heavy (non-hydrogen) atoms. The first-order valence-corrected chi connectivity index (χ1v) is 11.9. The van der Waals surface area contributed by atoms with Gasteiger partial charge in [0.1, 0.15) is 11.5 Å². The van der Waals surface area contributed by atoms with Gasteiger partial charge in [-0.15, -0.1) is 0 Å². The Hall–Kier alpha value is -3.43. The molecule has 0 aliphatic carbocycles. The van der Waals surface area contributed by atoms with Crippen LogP contribution >= 0.6 is 27.7 Å². The number of benzene rings is 2. The van der Waals surface area contributed by atoms with E-state index in [4.69, 9.17) is 9.15 Å². The summed E-state index contributed by atoms with van der Waals surface area (Å²) in [6.45, 7) is 1.71. The fraction of sp³-hybridized carbons (Fsp3) is 0.120. The largest absolute Gasteiger partial charge is 0.462 e. The van der Waals surface area contributed by atoms with Gasteiger partial charge in [0.15, 0.2) is 5.78 Å². The second-order valence-electron chi connectivity index (χ2n) is 7.20. The number of halogens is 1. The minimum Gasteiger partial charge on any atom is -0.462 e. The minimum absolute atomic E-state index is 0.173. The van der Waals surface area contributed by atoms with Crippen molar-refractivity contribution in [2.75, 3.05) is 13.2 Å². The molecule has 1 aromatic heterocycles. The van der Waals surface area contributed by atoms with Gasteiger partial charge in [-0.25, -0.2) is 4.79 Å². The van der Waals surface area contributed by atoms with Gasteiger partial charge in [-0.05, 0) is 55.1 Å². The topological polar surface area (TPSA) is 93.9 Å². The number of ether oxygens (including phenoxy) is 1. The van der Waals surface area contributed by atoms with Crippen LogP contribution in [-0.4, -0.2) is 41.0 Å². The molecule has 2 amide bonds. The van der Waals surface area contributed by atoms with E-state index in [-0.39, 0.29) is 17.2 Å². The predicted molar refractivity (Wildman–Crippen MR) is 131 cm³/mol. The molecule has 0 atom stereocenters. The van der Waals surface area contributed by atoms with Crippen LogP contribution < -0.4 is 0 Å². The predicted octanol–water partition coefficient (Wildman–Crippen LogP) is 5.81. The number of thioether (sulfide) groups is 1. The van der Waals surface area contributed by atoms with Gasteiger partial charge in [0.2, 0.25) is 0 Å². The summed E-state index contributed by atoms with van der Waals surface area (Å²) in [4.78, 5) is 50.5. The van der Waals surface area contributed by atoms with Gasteiger partial charge < -0.3 is 9.15 Å². The highest BCUT2D eigenvalue weighted by molar-refractivity contribution is 9.10. The number of carbonyl (C=O) groups is 4. The molecule has 1 fully saturated rings. The molecule has 9 heteroatoms. The van der Waals surface area contributed by atoms with Crippen LogP contribution in [0, 0.1) is 0 Å². The van der Waals surface area contributed by atoms with Crippen molar-refractivity contribution in [3.8, 4) is 11.3 Å². The zero-order valence-electron chi connectivity index (χ0n) is 17.9. The van der Waals surface area contributed by atoms with Crippen molar-refractivity contribution in [1.29, 1.82) is 0 Å². The smallest absolute Gasteiger partial charge is 0.338 e. The number of nitrogens with zero attached hydrogens (tertiary/aromatic N) is 1. The van der Waals surface area contributed by atoms with Gasteiger partial charge in [0, 0.05) is 21.7 Å². The normalized spacial score (nSPS) is 14.6. The molecule has 3 aromatic rings. The first-order chi connectivity index (χ1) is 16.4. The number of amides is 2. The molecule has 1 saturated heterocycles. The zero-order valence-corrected chi connectivity index (χ0v) is 20.4. The first-order valence-electron chi connectivity index (χ1n) is 10.3. The van der Waals surface area contributed by atoms with E-state index in [2.05, 4.69) is 15.9 Å². The number of Topliss-reactive ketones (excluding diaryl/α,β-unsaturated/α-hetero) is 1. The summed E-state index contributed by atoms with van der Waals surface area (Å²) in [7, 11) is 0. The zero-order chi connectivity index (χ0) is 24.2. The fourth-order valence-electron chi connectivity index (χ4n) is 3.21. The number of hydrogen-bond acceptors (Lipinski definition) is 7. The second-order valence-corrected chi connectivity index (χ2v) is 9.11. The van der Waals surface area contributed by atoms with E-state index < -0.39 is 17.1 Å². The van der Waals surface area contributed by atoms with Crippen molar-refractivity contribution < 1.29 is 28.3 Å². The van der Waals surface area contributed by atoms with Gasteiger partial charge in [-0.3, -0.25) is 19.3 Å². The Kier molecular flexibility index (Phi) is 7.14. The molecule has 1 aliphatic heterocycles. The lowest BCUT2D eigenvalue weighted by Gasteiger charge is -2.11. The molecule has 7 nitrogen and oxygen atoms in total. The third-order valence-corrected chi connectivity index (χ3v) is 6.36. The van der Waals surface area contributed by atoms with Gasteiger partial charge in [0.25, 0.3) is 11.1 Å². The van der Waals surface area contributed by atoms with Crippen molar-refractivity contribution in [3.05, 3.63) is 86.9 Å². The lowest BCUT2D eigenvalue weighted by Crippen LogP contribution is -2.33. The van der Waals surface area contributed by atoms with Crippen molar-refractivity contribution >= 4 is 56.7 Å². The molecule has 0 unspecified atom stereocenters. The van der Waals surface area contributed by atoms with Crippen LogP contribution in [0.4, 0.5) is 4.79 Å². The first kappa shape index (κ1) is 23.7. The molecule has 0 radical (unpaired) electrons. The van der Waals surface area contributed by atoms with Crippen molar-refractivity contribution in [3.63, 3.8) is 0 Å². The fourth-order valence-corrected chi connectivity index (χ4v) is 4.29. The standard InChI is InChI=1S/C25H18BrNO6S/c1-2-32-24(30)17-5-3-16(4-6-17)21-12-11-19(33-21)13-22-23(29)27(25(31)34-22)14-20(28)15-7-9-18(26)10-8-15/h3-13H,2,14H2,1H3/b22-13+. The van der Waals surface area contributed by atoms with Gasteiger partial charge in [-0.2, -0.15) is 0 Å².